The molecule has 2 aromatic rings. The highest BCUT2D eigenvalue weighted by Crippen LogP contribution is 2.30. The smallest absolute Gasteiger partial charge is 0.339 e. The van der Waals surface area contributed by atoms with E-state index in [1.807, 2.05) is 38.1 Å². The van der Waals surface area contributed by atoms with E-state index in [1.54, 1.807) is 0 Å². The van der Waals surface area contributed by atoms with Crippen LogP contribution in [0.3, 0.4) is 0 Å². The minimum Gasteiger partial charge on any atom is -0.452 e. The Bertz CT molecular complexity index is 832. The van der Waals surface area contributed by atoms with Gasteiger partial charge in [0, 0.05) is 24.2 Å². The molecule has 0 atom stereocenters. The molecule has 1 aliphatic carbocycles. The lowest BCUT2D eigenvalue weighted by Crippen LogP contribution is -2.30. The summed E-state index contributed by atoms with van der Waals surface area (Å²) in [5.41, 5.74) is 3.28. The van der Waals surface area contributed by atoms with Crippen molar-refractivity contribution in [2.75, 3.05) is 19.8 Å². The summed E-state index contributed by atoms with van der Waals surface area (Å²) in [5, 5.41) is 3.53. The van der Waals surface area contributed by atoms with Crippen LogP contribution in [0.2, 0.25) is 0 Å². The molecule has 1 aliphatic rings. The van der Waals surface area contributed by atoms with Gasteiger partial charge in [-0.25, -0.2) is 4.79 Å². The highest BCUT2D eigenvalue weighted by Gasteiger charge is 2.25. The average Bonchev–Trinajstić information content (AvgIpc) is 3.11. The Morgan fingerprint density at radius 1 is 1.22 bits per heavy atom. The van der Waals surface area contributed by atoms with E-state index in [4.69, 9.17) is 9.47 Å². The minimum atomic E-state index is -0.454. The van der Waals surface area contributed by atoms with Crippen LogP contribution in [0.4, 0.5) is 0 Å². The fraction of sp³-hybridized carbons (Fsp3) is 0.476. The number of nitrogens with zero attached hydrogens (tertiary/aromatic N) is 1. The fourth-order valence-corrected chi connectivity index (χ4v) is 3.32. The van der Waals surface area contributed by atoms with Crippen LogP contribution in [0.25, 0.3) is 10.9 Å². The molecule has 0 saturated carbocycles. The molecule has 0 bridgehead atoms. The average molecular weight is 370 g/mol. The van der Waals surface area contributed by atoms with Gasteiger partial charge in [-0.1, -0.05) is 18.2 Å². The summed E-state index contributed by atoms with van der Waals surface area (Å²) in [6.07, 6.45) is 3.58. The van der Waals surface area contributed by atoms with E-state index in [0.717, 1.165) is 47.8 Å². The quantitative estimate of drug-likeness (QED) is 0.571. The third-order valence-electron chi connectivity index (χ3n) is 4.55. The van der Waals surface area contributed by atoms with Crippen LogP contribution in [-0.4, -0.2) is 42.7 Å². The first kappa shape index (κ1) is 19.3. The summed E-state index contributed by atoms with van der Waals surface area (Å²) in [6, 6.07) is 7.57. The summed E-state index contributed by atoms with van der Waals surface area (Å²) in [5.74, 6) is -0.757. The predicted octanol–water partition coefficient (Wildman–Crippen LogP) is 2.81. The van der Waals surface area contributed by atoms with E-state index in [1.165, 1.54) is 0 Å². The highest BCUT2D eigenvalue weighted by atomic mass is 16.5. The molecule has 1 N–H and O–H groups in total. The molecule has 0 fully saturated rings. The molecular weight excluding hydrogens is 344 g/mol. The number of nitrogens with one attached hydrogen (secondary N) is 1. The maximum atomic E-state index is 12.7. The second-order valence-electron chi connectivity index (χ2n) is 6.98. The van der Waals surface area contributed by atoms with Crippen molar-refractivity contribution in [3.63, 3.8) is 0 Å². The van der Waals surface area contributed by atoms with Crippen molar-refractivity contribution in [3.05, 3.63) is 41.1 Å². The van der Waals surface area contributed by atoms with E-state index < -0.39 is 5.97 Å². The van der Waals surface area contributed by atoms with E-state index >= 15 is 0 Å². The Morgan fingerprint density at radius 2 is 2.04 bits per heavy atom. The van der Waals surface area contributed by atoms with Gasteiger partial charge in [-0.2, -0.15) is 0 Å². The molecule has 1 amide bonds. The maximum absolute atomic E-state index is 12.7. The van der Waals surface area contributed by atoms with Crippen molar-refractivity contribution in [2.45, 2.75) is 45.6 Å². The third kappa shape index (κ3) is 4.83. The first-order valence-electron chi connectivity index (χ1n) is 9.52. The lowest BCUT2D eigenvalue weighted by Gasteiger charge is -2.12. The van der Waals surface area contributed by atoms with Crippen LogP contribution in [0.15, 0.2) is 24.3 Å². The van der Waals surface area contributed by atoms with E-state index in [0.29, 0.717) is 18.7 Å². The number of fused-ring (bicyclic) bond motifs is 2. The van der Waals surface area contributed by atoms with Crippen LogP contribution in [-0.2, 0) is 27.1 Å². The summed E-state index contributed by atoms with van der Waals surface area (Å²) >= 11 is 0. The maximum Gasteiger partial charge on any atom is 0.339 e. The first-order valence-corrected chi connectivity index (χ1v) is 9.52. The molecule has 27 heavy (non-hydrogen) atoms. The second-order valence-corrected chi connectivity index (χ2v) is 6.98. The number of rotatable bonds is 8. The number of ether oxygens (including phenoxy) is 2. The molecular formula is C21H26N2O4. The Balaban J connectivity index is 1.60. The number of benzene rings is 1. The lowest BCUT2D eigenvalue weighted by molar-refractivity contribution is -0.124. The molecule has 0 saturated heterocycles. The molecule has 0 aliphatic heterocycles. The van der Waals surface area contributed by atoms with Crippen LogP contribution in [0, 0.1) is 0 Å². The van der Waals surface area contributed by atoms with Crippen LogP contribution in [0.1, 0.15) is 48.3 Å². The van der Waals surface area contributed by atoms with Crippen molar-refractivity contribution >= 4 is 22.8 Å². The SMILES string of the molecule is CC(C)OCCCNC(=O)COC(=O)c1c2c(nc3ccccc13)CCC2. The number of aryl methyl sites for hydroxylation is 1. The summed E-state index contributed by atoms with van der Waals surface area (Å²) in [7, 11) is 0. The normalized spacial score (nSPS) is 13.0. The zero-order chi connectivity index (χ0) is 19.2. The molecule has 1 aromatic carbocycles. The Morgan fingerprint density at radius 3 is 2.85 bits per heavy atom. The van der Waals surface area contributed by atoms with Gasteiger partial charge in [0.25, 0.3) is 5.91 Å². The van der Waals surface area contributed by atoms with E-state index in [2.05, 4.69) is 10.3 Å². The monoisotopic (exact) mass is 370 g/mol. The lowest BCUT2D eigenvalue weighted by atomic mass is 10.0. The molecule has 0 unspecified atom stereocenters. The summed E-state index contributed by atoms with van der Waals surface area (Å²) < 4.78 is 10.7. The largest absolute Gasteiger partial charge is 0.452 e. The Kier molecular flexibility index (Phi) is 6.40. The topological polar surface area (TPSA) is 77.5 Å². The van der Waals surface area contributed by atoms with Crippen molar-refractivity contribution in [3.8, 4) is 0 Å². The number of esters is 1. The van der Waals surface area contributed by atoms with Crippen LogP contribution in [0.5, 0.6) is 0 Å². The number of hydrogen-bond acceptors (Lipinski definition) is 5. The number of para-hydroxylation sites is 1. The highest BCUT2D eigenvalue weighted by molar-refractivity contribution is 6.05. The summed E-state index contributed by atoms with van der Waals surface area (Å²) in [6.45, 7) is 4.74. The van der Waals surface area contributed by atoms with Crippen LogP contribution < -0.4 is 5.32 Å². The van der Waals surface area contributed by atoms with Gasteiger partial charge in [0.2, 0.25) is 0 Å². The zero-order valence-corrected chi connectivity index (χ0v) is 15.9. The molecule has 0 radical (unpaired) electrons. The molecule has 6 heteroatoms. The van der Waals surface area contributed by atoms with Crippen LogP contribution >= 0.6 is 0 Å². The zero-order valence-electron chi connectivity index (χ0n) is 15.9. The van der Waals surface area contributed by atoms with Gasteiger partial charge in [-0.15, -0.1) is 0 Å². The second kappa shape index (κ2) is 8.95. The number of carbonyl (C=O) groups is 2. The predicted molar refractivity (Wildman–Crippen MR) is 103 cm³/mol. The Labute approximate surface area is 159 Å². The van der Waals surface area contributed by atoms with Gasteiger partial charge in [0.15, 0.2) is 6.61 Å². The molecule has 6 nitrogen and oxygen atoms in total. The number of amides is 1. The third-order valence-corrected chi connectivity index (χ3v) is 4.55. The molecule has 1 aromatic heterocycles. The number of carbonyl (C=O) groups excluding carboxylic acids is 2. The van der Waals surface area contributed by atoms with Crippen molar-refractivity contribution in [1.82, 2.24) is 10.3 Å². The van der Waals surface area contributed by atoms with Gasteiger partial charge in [-0.3, -0.25) is 9.78 Å². The van der Waals surface area contributed by atoms with Gasteiger partial charge >= 0.3 is 5.97 Å². The Hall–Kier alpha value is -2.47. The van der Waals surface area contributed by atoms with Gasteiger partial charge < -0.3 is 14.8 Å². The number of pyridine rings is 1. The van der Waals surface area contributed by atoms with Gasteiger partial charge in [0.1, 0.15) is 0 Å². The molecule has 144 valence electrons. The molecule has 1 heterocycles. The fourth-order valence-electron chi connectivity index (χ4n) is 3.32. The summed E-state index contributed by atoms with van der Waals surface area (Å²) in [4.78, 5) is 29.3. The van der Waals surface area contributed by atoms with Crippen molar-refractivity contribution < 1.29 is 19.1 Å². The van der Waals surface area contributed by atoms with Crippen molar-refractivity contribution in [1.29, 1.82) is 0 Å². The van der Waals surface area contributed by atoms with Gasteiger partial charge in [0.05, 0.1) is 17.2 Å². The molecule has 3 rings (SSSR count). The van der Waals surface area contributed by atoms with Crippen molar-refractivity contribution in [2.24, 2.45) is 0 Å². The van der Waals surface area contributed by atoms with E-state index in [9.17, 15) is 9.59 Å². The number of aromatic nitrogens is 1. The molecule has 0 spiro atoms. The number of hydrogen-bond donors (Lipinski definition) is 1. The standard InChI is InChI=1S/C21H26N2O4/c1-14(2)26-12-6-11-22-19(24)13-27-21(25)20-15-7-3-4-9-17(15)23-18-10-5-8-16(18)20/h3-4,7,9,14H,5-6,8,10-13H2,1-2H3,(H,22,24). The first-order chi connectivity index (χ1) is 13.1. The van der Waals surface area contributed by atoms with Gasteiger partial charge in [-0.05, 0) is 51.2 Å². The minimum absolute atomic E-state index is 0.179. The van der Waals surface area contributed by atoms with E-state index in [-0.39, 0.29) is 18.6 Å².